The Hall–Kier alpha value is -0.570. The van der Waals surface area contributed by atoms with Crippen LogP contribution >= 0.6 is 0 Å². The summed E-state index contributed by atoms with van der Waals surface area (Å²) in [5.74, 6) is 0.364. The molecule has 0 unspecified atom stereocenters. The Morgan fingerprint density at radius 3 is 2.25 bits per heavy atom. The second-order valence-corrected chi connectivity index (χ2v) is 7.79. The maximum atomic E-state index is 12.3. The van der Waals surface area contributed by atoms with Gasteiger partial charge in [-0.2, -0.15) is 0 Å². The summed E-state index contributed by atoms with van der Waals surface area (Å²) in [6.07, 6.45) is 10.8. The van der Waals surface area contributed by atoms with Gasteiger partial charge in [0.2, 0.25) is 5.91 Å². The number of nitrogens with zero attached hydrogens (tertiary/aromatic N) is 1. The number of carbonyl (C=O) groups excluding carboxylic acids is 1. The van der Waals surface area contributed by atoms with Crippen LogP contribution in [0.4, 0.5) is 0 Å². The molecule has 2 N–H and O–H groups in total. The van der Waals surface area contributed by atoms with Gasteiger partial charge in [-0.3, -0.25) is 4.79 Å². The monoisotopic (exact) mass is 280 g/mol. The predicted octanol–water partition coefficient (Wildman–Crippen LogP) is 3.32. The molecule has 116 valence electrons. The highest BCUT2D eigenvalue weighted by Gasteiger charge is 2.37. The topological polar surface area (TPSA) is 46.3 Å². The van der Waals surface area contributed by atoms with Gasteiger partial charge in [0.15, 0.2) is 0 Å². The number of piperidine rings is 1. The molecule has 2 aliphatic rings. The van der Waals surface area contributed by atoms with Gasteiger partial charge in [-0.15, -0.1) is 0 Å². The number of hydrogen-bond donors (Lipinski definition) is 1. The summed E-state index contributed by atoms with van der Waals surface area (Å²) in [6.45, 7) is 7.15. The van der Waals surface area contributed by atoms with E-state index in [1.807, 2.05) is 0 Å². The molecule has 20 heavy (non-hydrogen) atoms. The molecule has 0 aromatic carbocycles. The Morgan fingerprint density at radius 2 is 1.70 bits per heavy atom. The summed E-state index contributed by atoms with van der Waals surface area (Å²) in [6, 6.07) is 0. The van der Waals surface area contributed by atoms with Crippen LogP contribution in [0.15, 0.2) is 0 Å². The van der Waals surface area contributed by atoms with E-state index in [9.17, 15) is 4.79 Å². The number of carbonyl (C=O) groups is 1. The van der Waals surface area contributed by atoms with Gasteiger partial charge in [-0.1, -0.05) is 26.7 Å². The van der Waals surface area contributed by atoms with E-state index in [2.05, 4.69) is 18.7 Å². The van der Waals surface area contributed by atoms with E-state index in [1.165, 1.54) is 38.5 Å². The van der Waals surface area contributed by atoms with E-state index in [0.717, 1.165) is 25.9 Å². The van der Waals surface area contributed by atoms with Crippen molar-refractivity contribution in [1.29, 1.82) is 0 Å². The van der Waals surface area contributed by atoms with Gasteiger partial charge in [0.1, 0.15) is 0 Å². The Balaban J connectivity index is 1.74. The highest BCUT2D eigenvalue weighted by molar-refractivity contribution is 5.76. The van der Waals surface area contributed by atoms with E-state index in [-0.39, 0.29) is 5.41 Å². The lowest BCUT2D eigenvalue weighted by Crippen LogP contribution is -2.42. The molecule has 1 aliphatic carbocycles. The summed E-state index contributed by atoms with van der Waals surface area (Å²) in [7, 11) is 0. The average Bonchev–Trinajstić information content (AvgIpc) is 2.85. The first-order valence-electron chi connectivity index (χ1n) is 8.44. The Labute approximate surface area is 124 Å². The van der Waals surface area contributed by atoms with Crippen LogP contribution in [0.5, 0.6) is 0 Å². The van der Waals surface area contributed by atoms with Gasteiger partial charge in [0.25, 0.3) is 0 Å². The molecule has 0 aromatic heterocycles. The fourth-order valence-corrected chi connectivity index (χ4v) is 3.97. The van der Waals surface area contributed by atoms with Crippen molar-refractivity contribution in [1.82, 2.24) is 4.90 Å². The van der Waals surface area contributed by atoms with Gasteiger partial charge in [0.05, 0.1) is 0 Å². The molecule has 1 aliphatic heterocycles. The molecule has 3 nitrogen and oxygen atoms in total. The zero-order valence-electron chi connectivity index (χ0n) is 13.4. The van der Waals surface area contributed by atoms with Crippen molar-refractivity contribution in [3.63, 3.8) is 0 Å². The Bertz CT molecular complexity index is 322. The van der Waals surface area contributed by atoms with E-state index < -0.39 is 0 Å². The van der Waals surface area contributed by atoms with Gasteiger partial charge < -0.3 is 10.6 Å². The summed E-state index contributed by atoms with van der Waals surface area (Å²) < 4.78 is 0. The number of amides is 1. The average molecular weight is 280 g/mol. The van der Waals surface area contributed by atoms with Crippen LogP contribution in [0.1, 0.15) is 71.6 Å². The van der Waals surface area contributed by atoms with Gasteiger partial charge in [-0.05, 0) is 55.9 Å². The fraction of sp³-hybridized carbons (Fsp3) is 0.941. The van der Waals surface area contributed by atoms with Crippen molar-refractivity contribution in [2.45, 2.75) is 71.6 Å². The minimum Gasteiger partial charge on any atom is -0.343 e. The molecule has 0 atom stereocenters. The van der Waals surface area contributed by atoms with Crippen molar-refractivity contribution >= 4 is 5.91 Å². The molecular weight excluding hydrogens is 248 g/mol. The molecule has 0 bridgehead atoms. The predicted molar refractivity (Wildman–Crippen MR) is 83.4 cm³/mol. The maximum absolute atomic E-state index is 12.3. The first-order chi connectivity index (χ1) is 9.46. The molecule has 2 fully saturated rings. The largest absolute Gasteiger partial charge is 0.343 e. The first kappa shape index (κ1) is 15.8. The van der Waals surface area contributed by atoms with Crippen LogP contribution in [-0.2, 0) is 4.79 Å². The van der Waals surface area contributed by atoms with Crippen molar-refractivity contribution in [3.05, 3.63) is 0 Å². The molecule has 2 rings (SSSR count). The number of likely N-dealkylation sites (tertiary alicyclic amines) is 1. The molecule has 1 amide bonds. The highest BCUT2D eigenvalue weighted by atomic mass is 16.2. The van der Waals surface area contributed by atoms with Crippen LogP contribution in [0.2, 0.25) is 0 Å². The second kappa shape index (κ2) is 6.46. The molecular formula is C17H32N2O. The van der Waals surface area contributed by atoms with E-state index in [1.54, 1.807) is 0 Å². The van der Waals surface area contributed by atoms with Gasteiger partial charge in [0, 0.05) is 19.5 Å². The molecule has 1 spiro atoms. The minimum atomic E-state index is 0.201. The zero-order chi connectivity index (χ0) is 14.6. The third-order valence-corrected chi connectivity index (χ3v) is 5.68. The van der Waals surface area contributed by atoms with Crippen molar-refractivity contribution in [2.75, 3.05) is 19.6 Å². The highest BCUT2D eigenvalue weighted by Crippen LogP contribution is 2.46. The number of nitrogens with two attached hydrogens (primary N) is 1. The summed E-state index contributed by atoms with van der Waals surface area (Å²) in [5.41, 5.74) is 6.44. The van der Waals surface area contributed by atoms with Crippen molar-refractivity contribution < 1.29 is 4.79 Å². The lowest BCUT2D eigenvalue weighted by Gasteiger charge is -2.39. The van der Waals surface area contributed by atoms with Crippen LogP contribution in [0.3, 0.4) is 0 Å². The fourth-order valence-electron chi connectivity index (χ4n) is 3.97. The number of rotatable bonds is 5. The Kier molecular flexibility index (Phi) is 5.11. The molecule has 0 radical (unpaired) electrons. The van der Waals surface area contributed by atoms with Crippen molar-refractivity contribution in [2.24, 2.45) is 16.6 Å². The second-order valence-electron chi connectivity index (χ2n) is 7.79. The van der Waals surface area contributed by atoms with Gasteiger partial charge in [-0.25, -0.2) is 0 Å². The smallest absolute Gasteiger partial charge is 0.222 e. The van der Waals surface area contributed by atoms with Crippen LogP contribution in [0, 0.1) is 10.8 Å². The molecule has 0 aromatic rings. The van der Waals surface area contributed by atoms with E-state index in [0.29, 0.717) is 24.3 Å². The number of hydrogen-bond acceptors (Lipinski definition) is 2. The lowest BCUT2D eigenvalue weighted by atomic mass is 9.77. The third kappa shape index (κ3) is 3.97. The van der Waals surface area contributed by atoms with Crippen molar-refractivity contribution in [3.8, 4) is 0 Å². The van der Waals surface area contributed by atoms with E-state index in [4.69, 9.17) is 5.73 Å². The summed E-state index contributed by atoms with van der Waals surface area (Å²) in [5, 5.41) is 0. The molecule has 1 saturated carbocycles. The quantitative estimate of drug-likeness (QED) is 0.839. The first-order valence-corrected chi connectivity index (χ1v) is 8.44. The zero-order valence-corrected chi connectivity index (χ0v) is 13.4. The lowest BCUT2D eigenvalue weighted by molar-refractivity contribution is -0.134. The van der Waals surface area contributed by atoms with Crippen LogP contribution < -0.4 is 5.73 Å². The molecule has 3 heteroatoms. The normalized spacial score (nSPS) is 22.4. The Morgan fingerprint density at radius 1 is 1.10 bits per heavy atom. The molecule has 1 heterocycles. The summed E-state index contributed by atoms with van der Waals surface area (Å²) in [4.78, 5) is 14.5. The van der Waals surface area contributed by atoms with Crippen LogP contribution in [-0.4, -0.2) is 30.4 Å². The third-order valence-electron chi connectivity index (χ3n) is 5.68. The van der Waals surface area contributed by atoms with Gasteiger partial charge >= 0.3 is 0 Å². The van der Waals surface area contributed by atoms with E-state index >= 15 is 0 Å². The minimum absolute atomic E-state index is 0.201. The SMILES string of the molecule is CC(C)(CCN)CCC(=O)N1CCC2(CCCC2)CC1. The molecule has 1 saturated heterocycles. The standard InChI is InChI=1S/C17H32N2O/c1-16(2,9-12-18)8-5-15(20)19-13-10-17(11-14-19)6-3-4-7-17/h3-14,18H2,1-2H3. The maximum Gasteiger partial charge on any atom is 0.222 e. The summed E-state index contributed by atoms with van der Waals surface area (Å²) >= 11 is 0. The van der Waals surface area contributed by atoms with Crippen LogP contribution in [0.25, 0.3) is 0 Å².